The molecule has 1 heterocycles. The minimum atomic E-state index is -0.0307. The summed E-state index contributed by atoms with van der Waals surface area (Å²) >= 11 is 0. The molecular formula is C9H18O3. The normalized spacial score (nSPS) is 29.5. The van der Waals surface area contributed by atoms with E-state index in [0.29, 0.717) is 0 Å². The number of ether oxygens (including phenoxy) is 3. The van der Waals surface area contributed by atoms with Gasteiger partial charge in [0.25, 0.3) is 0 Å². The van der Waals surface area contributed by atoms with Crippen molar-refractivity contribution in [1.29, 1.82) is 0 Å². The van der Waals surface area contributed by atoms with Crippen molar-refractivity contribution >= 4 is 0 Å². The van der Waals surface area contributed by atoms with Gasteiger partial charge in [-0.1, -0.05) is 6.92 Å². The van der Waals surface area contributed by atoms with Crippen LogP contribution in [0.25, 0.3) is 0 Å². The van der Waals surface area contributed by atoms with E-state index in [1.807, 2.05) is 6.92 Å². The largest absolute Gasteiger partial charge is 0.381 e. The molecule has 0 N–H and O–H groups in total. The van der Waals surface area contributed by atoms with E-state index >= 15 is 0 Å². The molecule has 1 fully saturated rings. The van der Waals surface area contributed by atoms with Gasteiger partial charge in [0.1, 0.15) is 0 Å². The molecule has 3 nitrogen and oxygen atoms in total. The van der Waals surface area contributed by atoms with Gasteiger partial charge < -0.3 is 14.2 Å². The van der Waals surface area contributed by atoms with Crippen molar-refractivity contribution in [2.24, 2.45) is 0 Å². The average molecular weight is 174 g/mol. The Labute approximate surface area is 74.0 Å². The molecule has 0 bridgehead atoms. The van der Waals surface area contributed by atoms with Crippen LogP contribution in [-0.2, 0) is 14.2 Å². The third-order valence-corrected chi connectivity index (χ3v) is 1.75. The minimum Gasteiger partial charge on any atom is -0.381 e. The monoisotopic (exact) mass is 174 g/mol. The van der Waals surface area contributed by atoms with Gasteiger partial charge in [0.05, 0.1) is 19.3 Å². The zero-order chi connectivity index (χ0) is 8.81. The van der Waals surface area contributed by atoms with Crippen molar-refractivity contribution < 1.29 is 14.2 Å². The lowest BCUT2D eigenvalue weighted by Crippen LogP contribution is -2.12. The molecule has 1 aliphatic rings. The van der Waals surface area contributed by atoms with Crippen LogP contribution in [0.1, 0.15) is 26.7 Å². The Balaban J connectivity index is 1.93. The van der Waals surface area contributed by atoms with Crippen molar-refractivity contribution in [2.45, 2.75) is 39.1 Å². The summed E-state index contributed by atoms with van der Waals surface area (Å²) in [6.45, 7) is 6.42. The van der Waals surface area contributed by atoms with E-state index in [0.717, 1.165) is 32.7 Å². The van der Waals surface area contributed by atoms with E-state index in [9.17, 15) is 0 Å². The molecule has 0 radical (unpaired) electrons. The molecule has 12 heavy (non-hydrogen) atoms. The molecule has 1 rings (SSSR count). The van der Waals surface area contributed by atoms with E-state index in [1.165, 1.54) is 0 Å². The highest BCUT2D eigenvalue weighted by Crippen LogP contribution is 2.13. The lowest BCUT2D eigenvalue weighted by Gasteiger charge is -2.09. The van der Waals surface area contributed by atoms with Gasteiger partial charge in [-0.05, 0) is 13.3 Å². The second kappa shape index (κ2) is 5.51. The fourth-order valence-electron chi connectivity index (χ4n) is 1.16. The highest BCUT2D eigenvalue weighted by Gasteiger charge is 2.21. The first-order valence-corrected chi connectivity index (χ1v) is 4.67. The van der Waals surface area contributed by atoms with Crippen LogP contribution < -0.4 is 0 Å². The molecule has 0 spiro atoms. The van der Waals surface area contributed by atoms with Gasteiger partial charge in [-0.15, -0.1) is 0 Å². The molecule has 0 aromatic carbocycles. The maximum absolute atomic E-state index is 5.44. The van der Waals surface area contributed by atoms with Crippen LogP contribution in [-0.4, -0.2) is 32.2 Å². The molecular weight excluding hydrogens is 156 g/mol. The molecule has 0 aliphatic carbocycles. The SMILES string of the molecule is CCCOCC[C@@H]1OC[C@@H](C)O1. The topological polar surface area (TPSA) is 27.7 Å². The lowest BCUT2D eigenvalue weighted by atomic mass is 10.4. The van der Waals surface area contributed by atoms with Crippen molar-refractivity contribution in [3.8, 4) is 0 Å². The molecule has 1 aliphatic heterocycles. The fraction of sp³-hybridized carbons (Fsp3) is 1.00. The number of hydrogen-bond donors (Lipinski definition) is 0. The van der Waals surface area contributed by atoms with Crippen LogP contribution in [0.4, 0.5) is 0 Å². The Morgan fingerprint density at radius 1 is 1.42 bits per heavy atom. The summed E-state index contributed by atoms with van der Waals surface area (Å²) in [4.78, 5) is 0. The molecule has 2 atom stereocenters. The third kappa shape index (κ3) is 3.52. The van der Waals surface area contributed by atoms with Crippen LogP contribution in [0.5, 0.6) is 0 Å². The van der Waals surface area contributed by atoms with Gasteiger partial charge in [-0.2, -0.15) is 0 Å². The smallest absolute Gasteiger partial charge is 0.160 e. The Hall–Kier alpha value is -0.120. The van der Waals surface area contributed by atoms with Gasteiger partial charge >= 0.3 is 0 Å². The van der Waals surface area contributed by atoms with Crippen LogP contribution in [0, 0.1) is 0 Å². The summed E-state index contributed by atoms with van der Waals surface area (Å²) in [6.07, 6.45) is 2.14. The molecule has 0 saturated carbocycles. The third-order valence-electron chi connectivity index (χ3n) is 1.75. The van der Waals surface area contributed by atoms with Crippen LogP contribution in [0.2, 0.25) is 0 Å². The summed E-state index contributed by atoms with van der Waals surface area (Å²) in [5.41, 5.74) is 0. The average Bonchev–Trinajstić information content (AvgIpc) is 2.45. The first-order chi connectivity index (χ1) is 5.83. The Morgan fingerprint density at radius 3 is 2.83 bits per heavy atom. The Bertz CT molecular complexity index is 116. The van der Waals surface area contributed by atoms with Crippen molar-refractivity contribution in [3.05, 3.63) is 0 Å². The van der Waals surface area contributed by atoms with E-state index in [-0.39, 0.29) is 12.4 Å². The highest BCUT2D eigenvalue weighted by atomic mass is 16.7. The molecule has 72 valence electrons. The first kappa shape index (κ1) is 9.96. The number of hydrogen-bond acceptors (Lipinski definition) is 3. The zero-order valence-electron chi connectivity index (χ0n) is 7.91. The molecule has 0 aromatic heterocycles. The molecule has 0 aromatic rings. The van der Waals surface area contributed by atoms with E-state index in [2.05, 4.69) is 6.92 Å². The van der Waals surface area contributed by atoms with E-state index in [1.54, 1.807) is 0 Å². The van der Waals surface area contributed by atoms with Crippen LogP contribution in [0.3, 0.4) is 0 Å². The summed E-state index contributed by atoms with van der Waals surface area (Å²) < 4.78 is 16.1. The second-order valence-corrected chi connectivity index (χ2v) is 3.11. The van der Waals surface area contributed by atoms with Gasteiger partial charge in [-0.3, -0.25) is 0 Å². The summed E-state index contributed by atoms with van der Waals surface area (Å²) in [7, 11) is 0. The molecule has 0 unspecified atom stereocenters. The first-order valence-electron chi connectivity index (χ1n) is 4.67. The summed E-state index contributed by atoms with van der Waals surface area (Å²) in [6, 6.07) is 0. The fourth-order valence-corrected chi connectivity index (χ4v) is 1.16. The zero-order valence-corrected chi connectivity index (χ0v) is 7.91. The lowest BCUT2D eigenvalue weighted by molar-refractivity contribution is -0.0725. The molecule has 0 amide bonds. The van der Waals surface area contributed by atoms with Crippen molar-refractivity contribution in [3.63, 3.8) is 0 Å². The van der Waals surface area contributed by atoms with Crippen molar-refractivity contribution in [2.75, 3.05) is 19.8 Å². The number of rotatable bonds is 5. The van der Waals surface area contributed by atoms with Crippen LogP contribution >= 0.6 is 0 Å². The van der Waals surface area contributed by atoms with Gasteiger partial charge in [0.15, 0.2) is 6.29 Å². The maximum Gasteiger partial charge on any atom is 0.160 e. The van der Waals surface area contributed by atoms with Gasteiger partial charge in [-0.25, -0.2) is 0 Å². The minimum absolute atomic E-state index is 0.0307. The predicted molar refractivity (Wildman–Crippen MR) is 46.0 cm³/mol. The summed E-state index contributed by atoms with van der Waals surface area (Å²) in [5.74, 6) is 0. The van der Waals surface area contributed by atoms with E-state index in [4.69, 9.17) is 14.2 Å². The quantitative estimate of drug-likeness (QED) is 0.592. The van der Waals surface area contributed by atoms with E-state index < -0.39 is 0 Å². The van der Waals surface area contributed by atoms with Crippen molar-refractivity contribution in [1.82, 2.24) is 0 Å². The Morgan fingerprint density at radius 2 is 2.25 bits per heavy atom. The summed E-state index contributed by atoms with van der Waals surface area (Å²) in [5, 5.41) is 0. The second-order valence-electron chi connectivity index (χ2n) is 3.11. The maximum atomic E-state index is 5.44. The molecule has 1 saturated heterocycles. The van der Waals surface area contributed by atoms with Crippen LogP contribution in [0.15, 0.2) is 0 Å². The predicted octanol–water partition coefficient (Wildman–Crippen LogP) is 1.56. The Kier molecular flexibility index (Phi) is 4.58. The molecule has 3 heteroatoms. The standard InChI is InChI=1S/C9H18O3/c1-3-5-10-6-4-9-11-7-8(2)12-9/h8-9H,3-7H2,1-2H3/t8-,9-/m1/s1. The van der Waals surface area contributed by atoms with Gasteiger partial charge in [0.2, 0.25) is 0 Å². The van der Waals surface area contributed by atoms with Gasteiger partial charge in [0, 0.05) is 13.0 Å². The highest BCUT2D eigenvalue weighted by molar-refractivity contribution is 4.59.